The van der Waals surface area contributed by atoms with Gasteiger partial charge in [0.1, 0.15) is 12.4 Å². The van der Waals surface area contributed by atoms with E-state index in [1.165, 1.54) is 5.56 Å². The lowest BCUT2D eigenvalue weighted by Gasteiger charge is -2.30. The monoisotopic (exact) mass is 393 g/mol. The molecule has 1 amide bonds. The Kier molecular flexibility index (Phi) is 9.43. The van der Waals surface area contributed by atoms with E-state index in [0.29, 0.717) is 29.1 Å². The maximum atomic E-state index is 11.8. The Hall–Kier alpha value is -1.95. The van der Waals surface area contributed by atoms with E-state index in [-0.39, 0.29) is 18.4 Å². The van der Waals surface area contributed by atoms with Crippen LogP contribution in [0.5, 0.6) is 5.75 Å². The van der Waals surface area contributed by atoms with Crippen molar-refractivity contribution in [3.63, 3.8) is 0 Å². The van der Waals surface area contributed by atoms with Gasteiger partial charge in [-0.1, -0.05) is 46.4 Å². The molecule has 0 aliphatic rings. The number of nitrogens with one attached hydrogen (secondary N) is 1. The molecular weight excluding hydrogens is 362 g/mol. The summed E-state index contributed by atoms with van der Waals surface area (Å²) in [4.78, 5) is 23.0. The standard InChI is InChI=1S/C21H31NO4S/c1-13(2)18(19(27)14(3)4)16-7-9-17(10-8-16)26-21(24)22-11-12-25-20(23)15(5)6/h7-10,13-14,18-19,27H,5,11-12H2,1-4,6H3,(H,22,24). The van der Waals surface area contributed by atoms with E-state index in [1.54, 1.807) is 19.1 Å². The molecule has 0 aliphatic heterocycles. The molecule has 27 heavy (non-hydrogen) atoms. The molecule has 0 saturated carbocycles. The van der Waals surface area contributed by atoms with Crippen molar-refractivity contribution in [2.45, 2.75) is 45.8 Å². The molecule has 1 N–H and O–H groups in total. The van der Waals surface area contributed by atoms with Gasteiger partial charge in [0, 0.05) is 10.8 Å². The first-order chi connectivity index (χ1) is 12.6. The summed E-state index contributed by atoms with van der Waals surface area (Å²) in [6, 6.07) is 7.53. The number of benzene rings is 1. The minimum Gasteiger partial charge on any atom is -0.460 e. The molecule has 0 saturated heterocycles. The third kappa shape index (κ3) is 7.67. The van der Waals surface area contributed by atoms with Crippen LogP contribution in [0.2, 0.25) is 0 Å². The quantitative estimate of drug-likeness (QED) is 0.279. The van der Waals surface area contributed by atoms with Crippen LogP contribution in [0.3, 0.4) is 0 Å². The summed E-state index contributed by atoms with van der Waals surface area (Å²) >= 11 is 4.79. The highest BCUT2D eigenvalue weighted by Crippen LogP contribution is 2.35. The van der Waals surface area contributed by atoms with Gasteiger partial charge in [-0.2, -0.15) is 12.6 Å². The van der Waals surface area contributed by atoms with Gasteiger partial charge < -0.3 is 14.8 Å². The van der Waals surface area contributed by atoms with Crippen molar-refractivity contribution >= 4 is 24.7 Å². The zero-order chi connectivity index (χ0) is 20.6. The minimum atomic E-state index is -0.594. The van der Waals surface area contributed by atoms with Gasteiger partial charge in [0.15, 0.2) is 0 Å². The molecule has 1 rings (SSSR count). The van der Waals surface area contributed by atoms with Crippen LogP contribution >= 0.6 is 12.6 Å². The average Bonchev–Trinajstić information content (AvgIpc) is 2.59. The van der Waals surface area contributed by atoms with Gasteiger partial charge in [-0.25, -0.2) is 9.59 Å². The first kappa shape index (κ1) is 23.1. The molecule has 150 valence electrons. The van der Waals surface area contributed by atoms with Crippen LogP contribution < -0.4 is 10.1 Å². The van der Waals surface area contributed by atoms with Crippen molar-refractivity contribution < 1.29 is 19.1 Å². The Bertz CT molecular complexity index is 640. The second-order valence-corrected chi connectivity index (χ2v) is 7.90. The second-order valence-electron chi connectivity index (χ2n) is 7.31. The molecule has 6 heteroatoms. The first-order valence-corrected chi connectivity index (χ1v) is 9.71. The zero-order valence-corrected chi connectivity index (χ0v) is 17.7. The molecule has 2 atom stereocenters. The highest BCUT2D eigenvalue weighted by molar-refractivity contribution is 7.81. The van der Waals surface area contributed by atoms with Gasteiger partial charge >= 0.3 is 12.1 Å². The summed E-state index contributed by atoms with van der Waals surface area (Å²) in [7, 11) is 0. The van der Waals surface area contributed by atoms with E-state index < -0.39 is 12.1 Å². The lowest BCUT2D eigenvalue weighted by Crippen LogP contribution is -2.30. The van der Waals surface area contributed by atoms with Crippen molar-refractivity contribution in [3.8, 4) is 5.75 Å². The van der Waals surface area contributed by atoms with Crippen molar-refractivity contribution in [3.05, 3.63) is 42.0 Å². The van der Waals surface area contributed by atoms with Crippen LogP contribution in [0.15, 0.2) is 36.4 Å². The van der Waals surface area contributed by atoms with E-state index in [0.717, 1.165) is 0 Å². The maximum Gasteiger partial charge on any atom is 0.412 e. The number of rotatable bonds is 9. The summed E-state index contributed by atoms with van der Waals surface area (Å²) in [6.45, 7) is 14.0. The predicted octanol–water partition coefficient (Wildman–Crippen LogP) is 4.59. The molecule has 1 aromatic rings. The molecule has 0 fully saturated rings. The van der Waals surface area contributed by atoms with E-state index in [2.05, 4.69) is 39.6 Å². The average molecular weight is 394 g/mol. The van der Waals surface area contributed by atoms with E-state index in [1.807, 2.05) is 12.1 Å². The zero-order valence-electron chi connectivity index (χ0n) is 16.8. The topological polar surface area (TPSA) is 64.6 Å². The Morgan fingerprint density at radius 2 is 1.70 bits per heavy atom. The van der Waals surface area contributed by atoms with Gasteiger partial charge in [-0.15, -0.1) is 0 Å². The highest BCUT2D eigenvalue weighted by atomic mass is 32.1. The Morgan fingerprint density at radius 3 is 2.19 bits per heavy atom. The Labute approximate surface area is 167 Å². The number of thiol groups is 1. The smallest absolute Gasteiger partial charge is 0.412 e. The maximum absolute atomic E-state index is 11.8. The van der Waals surface area contributed by atoms with Gasteiger partial charge in [0.2, 0.25) is 0 Å². The third-order valence-corrected chi connectivity index (χ3v) is 5.12. The van der Waals surface area contributed by atoms with Gasteiger partial charge in [-0.3, -0.25) is 0 Å². The molecule has 0 bridgehead atoms. The fraction of sp³-hybridized carbons (Fsp3) is 0.524. The lowest BCUT2D eigenvalue weighted by molar-refractivity contribution is -0.138. The number of esters is 1. The van der Waals surface area contributed by atoms with E-state index in [9.17, 15) is 9.59 Å². The van der Waals surface area contributed by atoms with Crippen LogP contribution in [0, 0.1) is 11.8 Å². The fourth-order valence-electron chi connectivity index (χ4n) is 2.71. The predicted molar refractivity (Wildman–Crippen MR) is 111 cm³/mol. The molecule has 0 heterocycles. The normalized spacial score (nSPS) is 13.2. The van der Waals surface area contributed by atoms with Crippen molar-refractivity contribution in [1.82, 2.24) is 5.32 Å². The third-order valence-electron chi connectivity index (χ3n) is 4.20. The van der Waals surface area contributed by atoms with Gasteiger partial charge in [0.05, 0.1) is 6.54 Å². The van der Waals surface area contributed by atoms with E-state index in [4.69, 9.17) is 22.1 Å². The number of hydrogen-bond acceptors (Lipinski definition) is 5. The summed E-state index contributed by atoms with van der Waals surface area (Å²) in [5, 5.41) is 2.79. The van der Waals surface area contributed by atoms with Crippen LogP contribution in [-0.4, -0.2) is 30.5 Å². The van der Waals surface area contributed by atoms with Crippen molar-refractivity contribution in [2.75, 3.05) is 13.2 Å². The van der Waals surface area contributed by atoms with Gasteiger partial charge in [-0.05, 0) is 42.4 Å². The Balaban J connectivity index is 2.57. The SMILES string of the molecule is C=C(C)C(=O)OCCNC(=O)Oc1ccc(C(C(C)C)C(S)C(C)C)cc1. The minimum absolute atomic E-state index is 0.0638. The summed E-state index contributed by atoms with van der Waals surface area (Å²) in [6.07, 6.45) is -0.594. The highest BCUT2D eigenvalue weighted by Gasteiger charge is 2.25. The van der Waals surface area contributed by atoms with Crippen LogP contribution in [0.25, 0.3) is 0 Å². The second kappa shape index (κ2) is 11.0. The molecular formula is C21H31NO4S. The lowest BCUT2D eigenvalue weighted by atomic mass is 9.81. The molecule has 0 aliphatic carbocycles. The van der Waals surface area contributed by atoms with Crippen LogP contribution in [0.4, 0.5) is 4.79 Å². The number of ether oxygens (including phenoxy) is 2. The molecule has 1 aromatic carbocycles. The van der Waals surface area contributed by atoms with E-state index >= 15 is 0 Å². The summed E-state index contributed by atoms with van der Waals surface area (Å²) in [5.74, 6) is 1.20. The molecule has 2 unspecified atom stereocenters. The number of carbonyl (C=O) groups excluding carboxylic acids is 2. The first-order valence-electron chi connectivity index (χ1n) is 9.19. The molecule has 0 aromatic heterocycles. The van der Waals surface area contributed by atoms with Crippen molar-refractivity contribution in [1.29, 1.82) is 0 Å². The largest absolute Gasteiger partial charge is 0.460 e. The molecule has 0 spiro atoms. The number of amides is 1. The summed E-state index contributed by atoms with van der Waals surface area (Å²) < 4.78 is 10.1. The number of carbonyl (C=O) groups is 2. The van der Waals surface area contributed by atoms with Crippen LogP contribution in [-0.2, 0) is 9.53 Å². The number of hydrogen-bond donors (Lipinski definition) is 2. The molecule has 0 radical (unpaired) electrons. The Morgan fingerprint density at radius 1 is 1.11 bits per heavy atom. The summed E-state index contributed by atoms with van der Waals surface area (Å²) in [5.41, 5.74) is 1.50. The van der Waals surface area contributed by atoms with Crippen LogP contribution in [0.1, 0.15) is 46.1 Å². The fourth-order valence-corrected chi connectivity index (χ4v) is 3.23. The molecule has 5 nitrogen and oxygen atoms in total. The van der Waals surface area contributed by atoms with Gasteiger partial charge in [0.25, 0.3) is 0 Å². The van der Waals surface area contributed by atoms with Crippen molar-refractivity contribution in [2.24, 2.45) is 11.8 Å².